The van der Waals surface area contributed by atoms with Crippen molar-refractivity contribution >= 4 is 0 Å². The lowest BCUT2D eigenvalue weighted by atomic mass is 10.0. The summed E-state index contributed by atoms with van der Waals surface area (Å²) in [5.74, 6) is 0. The number of likely N-dealkylation sites (N-methyl/N-ethyl adjacent to an activating group) is 1. The Balaban J connectivity index is 1.99. The Morgan fingerprint density at radius 2 is 1.83 bits per heavy atom. The third-order valence-corrected chi connectivity index (χ3v) is 3.74. The van der Waals surface area contributed by atoms with Crippen LogP contribution in [0.15, 0.2) is 24.3 Å². The molecule has 0 aliphatic carbocycles. The van der Waals surface area contributed by atoms with Gasteiger partial charge < -0.3 is 10.6 Å². The Kier molecular flexibility index (Phi) is 5.17. The largest absolute Gasteiger partial charge is 0.330 e. The molecule has 0 bridgehead atoms. The van der Waals surface area contributed by atoms with Crippen molar-refractivity contribution in [3.8, 4) is 0 Å². The number of hydrogen-bond donors (Lipinski definition) is 1. The van der Waals surface area contributed by atoms with Gasteiger partial charge in [0, 0.05) is 19.6 Å². The molecule has 1 fully saturated rings. The van der Waals surface area contributed by atoms with E-state index in [1.165, 1.54) is 43.7 Å². The summed E-state index contributed by atoms with van der Waals surface area (Å²) in [7, 11) is 2.21. The Bertz CT molecular complexity index is 365. The number of rotatable bonds is 4. The van der Waals surface area contributed by atoms with Crippen LogP contribution in [0.5, 0.6) is 0 Å². The van der Waals surface area contributed by atoms with Crippen LogP contribution in [0.2, 0.25) is 0 Å². The van der Waals surface area contributed by atoms with Crippen LogP contribution in [0.1, 0.15) is 17.5 Å². The van der Waals surface area contributed by atoms with Crippen molar-refractivity contribution in [1.29, 1.82) is 0 Å². The minimum atomic E-state index is 0.736. The van der Waals surface area contributed by atoms with E-state index in [0.717, 1.165) is 19.5 Å². The monoisotopic (exact) mass is 247 g/mol. The molecule has 18 heavy (non-hydrogen) atoms. The molecule has 1 aromatic rings. The van der Waals surface area contributed by atoms with Crippen LogP contribution < -0.4 is 5.73 Å². The molecular formula is C15H25N3. The van der Waals surface area contributed by atoms with Gasteiger partial charge in [0.25, 0.3) is 0 Å². The van der Waals surface area contributed by atoms with Crippen LogP contribution in [0.3, 0.4) is 0 Å². The first-order valence-electron chi connectivity index (χ1n) is 6.97. The minimum absolute atomic E-state index is 0.736. The van der Waals surface area contributed by atoms with Crippen LogP contribution in [0.25, 0.3) is 0 Å². The van der Waals surface area contributed by atoms with Gasteiger partial charge in [0.1, 0.15) is 0 Å². The molecule has 1 saturated heterocycles. The summed E-state index contributed by atoms with van der Waals surface area (Å²) in [5.41, 5.74) is 8.55. The molecule has 0 saturated carbocycles. The Morgan fingerprint density at radius 1 is 1.06 bits per heavy atom. The van der Waals surface area contributed by atoms with E-state index in [0.29, 0.717) is 0 Å². The zero-order valence-corrected chi connectivity index (χ0v) is 11.4. The highest BCUT2D eigenvalue weighted by atomic mass is 15.2. The van der Waals surface area contributed by atoms with E-state index in [2.05, 4.69) is 41.1 Å². The third kappa shape index (κ3) is 3.80. The van der Waals surface area contributed by atoms with Crippen LogP contribution in [0.4, 0.5) is 0 Å². The quantitative estimate of drug-likeness (QED) is 0.871. The maximum Gasteiger partial charge on any atom is 0.0237 e. The van der Waals surface area contributed by atoms with E-state index >= 15 is 0 Å². The Hall–Kier alpha value is -0.900. The predicted octanol–water partition coefficient (Wildman–Crippen LogP) is 1.33. The lowest BCUT2D eigenvalue weighted by Crippen LogP contribution is -2.29. The molecule has 1 aliphatic heterocycles. The molecular weight excluding hydrogens is 222 g/mol. The second kappa shape index (κ2) is 6.88. The lowest BCUT2D eigenvalue weighted by Gasteiger charge is -2.21. The first-order valence-corrected chi connectivity index (χ1v) is 6.97. The van der Waals surface area contributed by atoms with Crippen molar-refractivity contribution in [2.75, 3.05) is 39.8 Å². The van der Waals surface area contributed by atoms with Crippen LogP contribution >= 0.6 is 0 Å². The van der Waals surface area contributed by atoms with E-state index in [9.17, 15) is 0 Å². The van der Waals surface area contributed by atoms with Crippen molar-refractivity contribution < 1.29 is 0 Å². The van der Waals surface area contributed by atoms with Crippen LogP contribution in [-0.4, -0.2) is 49.6 Å². The van der Waals surface area contributed by atoms with E-state index in [-0.39, 0.29) is 0 Å². The smallest absolute Gasteiger partial charge is 0.0237 e. The van der Waals surface area contributed by atoms with Crippen molar-refractivity contribution in [2.45, 2.75) is 19.4 Å². The highest BCUT2D eigenvalue weighted by molar-refractivity contribution is 5.27. The summed E-state index contributed by atoms with van der Waals surface area (Å²) in [5, 5.41) is 0. The van der Waals surface area contributed by atoms with E-state index in [1.807, 2.05) is 0 Å². The summed E-state index contributed by atoms with van der Waals surface area (Å²) < 4.78 is 0. The van der Waals surface area contributed by atoms with Crippen molar-refractivity contribution in [2.24, 2.45) is 5.73 Å². The van der Waals surface area contributed by atoms with Gasteiger partial charge in [0.2, 0.25) is 0 Å². The first-order chi connectivity index (χ1) is 8.79. The molecule has 1 aromatic carbocycles. The van der Waals surface area contributed by atoms with Gasteiger partial charge in [-0.05, 0) is 50.7 Å². The summed E-state index contributed by atoms with van der Waals surface area (Å²) in [6, 6.07) is 8.72. The van der Waals surface area contributed by atoms with Gasteiger partial charge in [-0.3, -0.25) is 4.90 Å². The Labute approximate surface area is 111 Å². The predicted molar refractivity (Wildman–Crippen MR) is 76.6 cm³/mol. The third-order valence-electron chi connectivity index (χ3n) is 3.74. The first kappa shape index (κ1) is 13.5. The fourth-order valence-corrected chi connectivity index (χ4v) is 2.61. The molecule has 0 spiro atoms. The SMILES string of the molecule is CN1CCCN(Cc2ccccc2CCN)CC1. The van der Waals surface area contributed by atoms with Gasteiger partial charge in [-0.25, -0.2) is 0 Å². The zero-order valence-electron chi connectivity index (χ0n) is 11.4. The second-order valence-electron chi connectivity index (χ2n) is 5.24. The molecule has 2 N–H and O–H groups in total. The standard InChI is InChI=1S/C15H25N3/c1-17-9-4-10-18(12-11-17)13-15-6-3-2-5-14(15)7-8-16/h2-3,5-6H,4,7-13,16H2,1H3. The van der Waals surface area contributed by atoms with Crippen molar-refractivity contribution in [1.82, 2.24) is 9.80 Å². The molecule has 0 unspecified atom stereocenters. The van der Waals surface area contributed by atoms with Gasteiger partial charge in [0.15, 0.2) is 0 Å². The second-order valence-corrected chi connectivity index (χ2v) is 5.24. The maximum atomic E-state index is 5.69. The normalized spacial score (nSPS) is 18.8. The number of nitrogens with two attached hydrogens (primary N) is 1. The fourth-order valence-electron chi connectivity index (χ4n) is 2.61. The molecule has 100 valence electrons. The molecule has 0 amide bonds. The minimum Gasteiger partial charge on any atom is -0.330 e. The zero-order chi connectivity index (χ0) is 12.8. The van der Waals surface area contributed by atoms with Crippen LogP contribution in [-0.2, 0) is 13.0 Å². The van der Waals surface area contributed by atoms with Crippen LogP contribution in [0, 0.1) is 0 Å². The number of hydrogen-bond acceptors (Lipinski definition) is 3. The highest BCUT2D eigenvalue weighted by Crippen LogP contribution is 2.13. The average molecular weight is 247 g/mol. The summed E-state index contributed by atoms with van der Waals surface area (Å²) in [6.07, 6.45) is 2.26. The van der Waals surface area contributed by atoms with Crippen molar-refractivity contribution in [3.63, 3.8) is 0 Å². The van der Waals surface area contributed by atoms with Gasteiger partial charge in [0.05, 0.1) is 0 Å². The lowest BCUT2D eigenvalue weighted by molar-refractivity contribution is 0.268. The Morgan fingerprint density at radius 3 is 2.61 bits per heavy atom. The summed E-state index contributed by atoms with van der Waals surface area (Å²) in [4.78, 5) is 4.99. The summed E-state index contributed by atoms with van der Waals surface area (Å²) in [6.45, 7) is 6.60. The van der Waals surface area contributed by atoms with Gasteiger partial charge in [-0.1, -0.05) is 24.3 Å². The topological polar surface area (TPSA) is 32.5 Å². The molecule has 0 atom stereocenters. The molecule has 0 radical (unpaired) electrons. The van der Waals surface area contributed by atoms with Crippen molar-refractivity contribution in [3.05, 3.63) is 35.4 Å². The van der Waals surface area contributed by atoms with Gasteiger partial charge in [-0.15, -0.1) is 0 Å². The van der Waals surface area contributed by atoms with Gasteiger partial charge >= 0.3 is 0 Å². The molecule has 0 aromatic heterocycles. The molecule has 3 nitrogen and oxygen atoms in total. The number of nitrogens with zero attached hydrogens (tertiary/aromatic N) is 2. The number of benzene rings is 1. The molecule has 2 rings (SSSR count). The van der Waals surface area contributed by atoms with E-state index in [4.69, 9.17) is 5.73 Å². The average Bonchev–Trinajstić information content (AvgIpc) is 2.57. The molecule has 3 heteroatoms. The highest BCUT2D eigenvalue weighted by Gasteiger charge is 2.13. The van der Waals surface area contributed by atoms with E-state index < -0.39 is 0 Å². The fraction of sp³-hybridized carbons (Fsp3) is 0.600. The molecule has 1 heterocycles. The maximum absolute atomic E-state index is 5.69. The molecule has 1 aliphatic rings. The van der Waals surface area contributed by atoms with Gasteiger partial charge in [-0.2, -0.15) is 0 Å². The summed E-state index contributed by atoms with van der Waals surface area (Å²) >= 11 is 0. The van der Waals surface area contributed by atoms with E-state index in [1.54, 1.807) is 0 Å².